The Labute approximate surface area is 77.5 Å². The monoisotopic (exact) mass is 172 g/mol. The summed E-state index contributed by atoms with van der Waals surface area (Å²) < 4.78 is 5.62. The van der Waals surface area contributed by atoms with Gasteiger partial charge in [-0.1, -0.05) is 20.8 Å². The Bertz CT molecular complexity index is 119. The molecule has 0 spiro atoms. The number of hydrogen-bond donors (Lipinski definition) is 0. The zero-order chi connectivity index (χ0) is 9.83. The Kier molecular flexibility index (Phi) is 4.25. The van der Waals surface area contributed by atoms with Gasteiger partial charge in [0.15, 0.2) is 0 Å². The van der Waals surface area contributed by atoms with Crippen LogP contribution in [0.15, 0.2) is 0 Å². The Hall–Kier alpha value is -0.0400. The summed E-state index contributed by atoms with van der Waals surface area (Å²) in [5, 5.41) is 0. The van der Waals surface area contributed by atoms with Crippen molar-refractivity contribution in [2.75, 3.05) is 6.61 Å². The quantitative estimate of drug-likeness (QED) is 0.629. The number of ether oxygens (including phenoxy) is 1. The standard InChI is InChI=1S/C11H24O/c1-7-12-11(5,6)9-8-10(2,3)4/h7-9H2,1-6H3. The van der Waals surface area contributed by atoms with Gasteiger partial charge in [0.25, 0.3) is 0 Å². The molecule has 0 aromatic heterocycles. The molecule has 1 nitrogen and oxygen atoms in total. The van der Waals surface area contributed by atoms with Crippen molar-refractivity contribution in [2.45, 2.75) is 60.0 Å². The second-order valence-electron chi connectivity index (χ2n) is 5.25. The van der Waals surface area contributed by atoms with Crippen molar-refractivity contribution < 1.29 is 4.74 Å². The number of rotatable bonds is 4. The van der Waals surface area contributed by atoms with Gasteiger partial charge in [0.1, 0.15) is 0 Å². The van der Waals surface area contributed by atoms with Gasteiger partial charge in [-0.25, -0.2) is 0 Å². The van der Waals surface area contributed by atoms with Crippen molar-refractivity contribution in [3.05, 3.63) is 0 Å². The van der Waals surface area contributed by atoms with Crippen LogP contribution in [0.4, 0.5) is 0 Å². The lowest BCUT2D eigenvalue weighted by molar-refractivity contribution is -0.0228. The maximum Gasteiger partial charge on any atom is 0.0626 e. The van der Waals surface area contributed by atoms with Gasteiger partial charge in [-0.15, -0.1) is 0 Å². The molecule has 0 aliphatic carbocycles. The van der Waals surface area contributed by atoms with Crippen molar-refractivity contribution >= 4 is 0 Å². The summed E-state index contributed by atoms with van der Waals surface area (Å²) in [6.45, 7) is 14.0. The van der Waals surface area contributed by atoms with Crippen LogP contribution in [0.2, 0.25) is 0 Å². The Morgan fingerprint density at radius 2 is 1.42 bits per heavy atom. The third-order valence-corrected chi connectivity index (χ3v) is 2.01. The maximum atomic E-state index is 5.62. The van der Waals surface area contributed by atoms with Crippen LogP contribution >= 0.6 is 0 Å². The molecule has 74 valence electrons. The molecule has 0 radical (unpaired) electrons. The number of hydrogen-bond acceptors (Lipinski definition) is 1. The van der Waals surface area contributed by atoms with E-state index in [1.165, 1.54) is 6.42 Å². The van der Waals surface area contributed by atoms with Crippen LogP contribution in [0, 0.1) is 5.41 Å². The van der Waals surface area contributed by atoms with Crippen LogP contribution in [0.3, 0.4) is 0 Å². The molecule has 0 amide bonds. The lowest BCUT2D eigenvalue weighted by atomic mass is 9.86. The molecule has 1 heteroatoms. The van der Waals surface area contributed by atoms with Crippen molar-refractivity contribution in [3.63, 3.8) is 0 Å². The normalized spacial score (nSPS) is 13.5. The molecule has 0 N–H and O–H groups in total. The highest BCUT2D eigenvalue weighted by atomic mass is 16.5. The van der Waals surface area contributed by atoms with E-state index in [0.29, 0.717) is 5.41 Å². The SMILES string of the molecule is CCOC(C)(C)CCC(C)(C)C. The summed E-state index contributed by atoms with van der Waals surface area (Å²) in [4.78, 5) is 0. The topological polar surface area (TPSA) is 9.23 Å². The highest BCUT2D eigenvalue weighted by Gasteiger charge is 2.21. The molecular weight excluding hydrogens is 148 g/mol. The summed E-state index contributed by atoms with van der Waals surface area (Å²) in [6, 6.07) is 0. The Balaban J connectivity index is 3.75. The van der Waals surface area contributed by atoms with Crippen molar-refractivity contribution in [1.29, 1.82) is 0 Å². The van der Waals surface area contributed by atoms with E-state index in [4.69, 9.17) is 4.74 Å². The lowest BCUT2D eigenvalue weighted by Crippen LogP contribution is -2.26. The molecule has 0 fully saturated rings. The molecule has 0 rings (SSSR count). The summed E-state index contributed by atoms with van der Waals surface area (Å²) in [6.07, 6.45) is 2.37. The average molecular weight is 172 g/mol. The fourth-order valence-corrected chi connectivity index (χ4v) is 1.14. The first-order chi connectivity index (χ1) is 5.27. The minimum Gasteiger partial charge on any atom is -0.376 e. The Morgan fingerprint density at radius 3 is 1.75 bits per heavy atom. The van der Waals surface area contributed by atoms with E-state index >= 15 is 0 Å². The van der Waals surface area contributed by atoms with Gasteiger partial charge < -0.3 is 4.74 Å². The van der Waals surface area contributed by atoms with E-state index in [9.17, 15) is 0 Å². The van der Waals surface area contributed by atoms with Gasteiger partial charge in [-0.3, -0.25) is 0 Å². The fraction of sp³-hybridized carbons (Fsp3) is 1.00. The van der Waals surface area contributed by atoms with Crippen LogP contribution in [0.1, 0.15) is 54.4 Å². The molecule has 0 atom stereocenters. The molecule has 0 aliphatic heterocycles. The van der Waals surface area contributed by atoms with Crippen LogP contribution in [0.5, 0.6) is 0 Å². The van der Waals surface area contributed by atoms with Gasteiger partial charge >= 0.3 is 0 Å². The highest BCUT2D eigenvalue weighted by molar-refractivity contribution is 4.72. The lowest BCUT2D eigenvalue weighted by Gasteiger charge is -2.28. The summed E-state index contributed by atoms with van der Waals surface area (Å²) >= 11 is 0. The van der Waals surface area contributed by atoms with Gasteiger partial charge in [-0.05, 0) is 39.0 Å². The molecule has 0 aromatic carbocycles. The molecule has 0 unspecified atom stereocenters. The maximum absolute atomic E-state index is 5.62. The zero-order valence-electron chi connectivity index (χ0n) is 9.53. The summed E-state index contributed by atoms with van der Waals surface area (Å²) in [5.41, 5.74) is 0.483. The largest absolute Gasteiger partial charge is 0.376 e. The van der Waals surface area contributed by atoms with Gasteiger partial charge in [0.05, 0.1) is 5.60 Å². The summed E-state index contributed by atoms with van der Waals surface area (Å²) in [5.74, 6) is 0. The van der Waals surface area contributed by atoms with Gasteiger partial charge in [-0.2, -0.15) is 0 Å². The smallest absolute Gasteiger partial charge is 0.0626 e. The summed E-state index contributed by atoms with van der Waals surface area (Å²) in [7, 11) is 0. The van der Waals surface area contributed by atoms with Crippen LogP contribution < -0.4 is 0 Å². The molecule has 0 saturated carbocycles. The molecule has 0 heterocycles. The van der Waals surface area contributed by atoms with E-state index in [0.717, 1.165) is 13.0 Å². The third kappa shape index (κ3) is 6.66. The fourth-order valence-electron chi connectivity index (χ4n) is 1.14. The van der Waals surface area contributed by atoms with Crippen LogP contribution in [-0.2, 0) is 4.74 Å². The van der Waals surface area contributed by atoms with Crippen molar-refractivity contribution in [3.8, 4) is 0 Å². The zero-order valence-corrected chi connectivity index (χ0v) is 9.53. The van der Waals surface area contributed by atoms with E-state index in [2.05, 4.69) is 41.5 Å². The van der Waals surface area contributed by atoms with Gasteiger partial charge in [0.2, 0.25) is 0 Å². The molecule has 12 heavy (non-hydrogen) atoms. The molecular formula is C11H24O. The van der Waals surface area contributed by atoms with Crippen molar-refractivity contribution in [1.82, 2.24) is 0 Å². The average Bonchev–Trinajstić information content (AvgIpc) is 1.83. The second kappa shape index (κ2) is 4.27. The molecule has 0 saturated heterocycles. The predicted octanol–water partition coefficient (Wildman–Crippen LogP) is 3.63. The second-order valence-corrected chi connectivity index (χ2v) is 5.25. The minimum atomic E-state index is 0.0576. The van der Waals surface area contributed by atoms with Crippen LogP contribution in [0.25, 0.3) is 0 Å². The molecule has 0 aliphatic rings. The first-order valence-electron chi connectivity index (χ1n) is 4.91. The van der Waals surface area contributed by atoms with E-state index in [-0.39, 0.29) is 5.60 Å². The van der Waals surface area contributed by atoms with Crippen molar-refractivity contribution in [2.24, 2.45) is 5.41 Å². The third-order valence-electron chi connectivity index (χ3n) is 2.01. The first-order valence-corrected chi connectivity index (χ1v) is 4.91. The molecule has 0 bridgehead atoms. The van der Waals surface area contributed by atoms with Crippen LogP contribution in [-0.4, -0.2) is 12.2 Å². The predicted molar refractivity (Wildman–Crippen MR) is 54.4 cm³/mol. The van der Waals surface area contributed by atoms with E-state index < -0.39 is 0 Å². The van der Waals surface area contributed by atoms with Gasteiger partial charge in [0, 0.05) is 6.61 Å². The first kappa shape index (κ1) is 12.0. The van der Waals surface area contributed by atoms with E-state index in [1.807, 2.05) is 0 Å². The van der Waals surface area contributed by atoms with E-state index in [1.54, 1.807) is 0 Å². The minimum absolute atomic E-state index is 0.0576. The Morgan fingerprint density at radius 1 is 0.917 bits per heavy atom. The molecule has 0 aromatic rings. The highest BCUT2D eigenvalue weighted by Crippen LogP contribution is 2.27.